The van der Waals surface area contributed by atoms with Crippen molar-refractivity contribution >= 4 is 5.91 Å². The van der Waals surface area contributed by atoms with E-state index in [1.165, 1.54) is 0 Å². The first kappa shape index (κ1) is 13.6. The summed E-state index contributed by atoms with van der Waals surface area (Å²) in [5, 5.41) is 3.33. The summed E-state index contributed by atoms with van der Waals surface area (Å²) in [6.45, 7) is 7.47. The largest absolute Gasteiger partial charge is 0.468 e. The molecule has 2 saturated heterocycles. The van der Waals surface area contributed by atoms with Crippen LogP contribution in [0.4, 0.5) is 0 Å². The van der Waals surface area contributed by atoms with Crippen LogP contribution in [0.2, 0.25) is 0 Å². The van der Waals surface area contributed by atoms with Crippen molar-refractivity contribution in [2.75, 3.05) is 32.7 Å². The third-order valence-electron chi connectivity index (χ3n) is 4.44. The average Bonchev–Trinajstić information content (AvgIpc) is 3.10. The van der Waals surface area contributed by atoms with E-state index in [4.69, 9.17) is 4.42 Å². The van der Waals surface area contributed by atoms with Crippen LogP contribution in [-0.2, 0) is 11.3 Å². The van der Waals surface area contributed by atoms with Gasteiger partial charge in [0.15, 0.2) is 0 Å². The van der Waals surface area contributed by atoms with E-state index in [0.717, 1.165) is 51.4 Å². The number of amides is 1. The lowest BCUT2D eigenvalue weighted by molar-refractivity contribution is -0.135. The molecule has 110 valence electrons. The summed E-state index contributed by atoms with van der Waals surface area (Å²) in [5.74, 6) is 1.74. The van der Waals surface area contributed by atoms with E-state index in [2.05, 4.69) is 17.1 Å². The lowest BCUT2D eigenvalue weighted by atomic mass is 10.0. The smallest absolute Gasteiger partial charge is 0.240 e. The van der Waals surface area contributed by atoms with Crippen LogP contribution in [-0.4, -0.2) is 54.5 Å². The second-order valence-electron chi connectivity index (χ2n) is 5.88. The SMILES string of the molecule is CC1CCNC1C(=O)N1CCN(Cc2ccco2)CC1. The molecule has 1 amide bonds. The van der Waals surface area contributed by atoms with Gasteiger partial charge in [-0.2, -0.15) is 0 Å². The Kier molecular flexibility index (Phi) is 4.08. The summed E-state index contributed by atoms with van der Waals surface area (Å²) in [4.78, 5) is 16.8. The van der Waals surface area contributed by atoms with Crippen molar-refractivity contribution < 1.29 is 9.21 Å². The number of nitrogens with zero attached hydrogens (tertiary/aromatic N) is 2. The monoisotopic (exact) mass is 277 g/mol. The molecule has 3 rings (SSSR count). The molecule has 0 bridgehead atoms. The predicted octanol–water partition coefficient (Wildman–Crippen LogP) is 0.922. The van der Waals surface area contributed by atoms with Gasteiger partial charge in [-0.1, -0.05) is 6.92 Å². The summed E-state index contributed by atoms with van der Waals surface area (Å²) in [7, 11) is 0. The van der Waals surface area contributed by atoms with Crippen molar-refractivity contribution in [2.24, 2.45) is 5.92 Å². The lowest BCUT2D eigenvalue weighted by Crippen LogP contribution is -2.53. The number of rotatable bonds is 3. The molecule has 2 unspecified atom stereocenters. The van der Waals surface area contributed by atoms with Crippen molar-refractivity contribution in [3.8, 4) is 0 Å². The normalized spacial score (nSPS) is 27.9. The molecule has 1 aromatic heterocycles. The highest BCUT2D eigenvalue weighted by molar-refractivity contribution is 5.82. The van der Waals surface area contributed by atoms with Gasteiger partial charge in [0.1, 0.15) is 5.76 Å². The summed E-state index contributed by atoms with van der Waals surface area (Å²) in [5.41, 5.74) is 0. The fourth-order valence-electron chi connectivity index (χ4n) is 3.11. The molecule has 0 aliphatic carbocycles. The topological polar surface area (TPSA) is 48.7 Å². The van der Waals surface area contributed by atoms with Gasteiger partial charge < -0.3 is 14.6 Å². The van der Waals surface area contributed by atoms with E-state index in [-0.39, 0.29) is 11.9 Å². The van der Waals surface area contributed by atoms with Gasteiger partial charge in [0.05, 0.1) is 18.8 Å². The molecule has 20 heavy (non-hydrogen) atoms. The Morgan fingerprint density at radius 3 is 2.80 bits per heavy atom. The fraction of sp³-hybridized carbons (Fsp3) is 0.667. The van der Waals surface area contributed by atoms with Gasteiger partial charge in [0, 0.05) is 26.2 Å². The van der Waals surface area contributed by atoms with Crippen LogP contribution in [0.25, 0.3) is 0 Å². The Bertz CT molecular complexity index is 438. The first-order chi connectivity index (χ1) is 9.74. The second-order valence-corrected chi connectivity index (χ2v) is 5.88. The molecular formula is C15H23N3O2. The third kappa shape index (κ3) is 2.88. The van der Waals surface area contributed by atoms with E-state index in [1.54, 1.807) is 6.26 Å². The van der Waals surface area contributed by atoms with Crippen LogP contribution in [0.3, 0.4) is 0 Å². The highest BCUT2D eigenvalue weighted by atomic mass is 16.3. The van der Waals surface area contributed by atoms with Crippen LogP contribution < -0.4 is 5.32 Å². The zero-order valence-electron chi connectivity index (χ0n) is 12.0. The standard InChI is InChI=1S/C15H23N3O2/c1-12-4-5-16-14(12)15(19)18-8-6-17(7-9-18)11-13-3-2-10-20-13/h2-3,10,12,14,16H,4-9,11H2,1H3. The Labute approximate surface area is 119 Å². The van der Waals surface area contributed by atoms with E-state index >= 15 is 0 Å². The van der Waals surface area contributed by atoms with Crippen molar-refractivity contribution in [1.82, 2.24) is 15.1 Å². The zero-order valence-corrected chi connectivity index (χ0v) is 12.0. The highest BCUT2D eigenvalue weighted by Crippen LogP contribution is 2.18. The predicted molar refractivity (Wildman–Crippen MR) is 76.1 cm³/mol. The first-order valence-corrected chi connectivity index (χ1v) is 7.51. The van der Waals surface area contributed by atoms with E-state index in [1.807, 2.05) is 17.0 Å². The zero-order chi connectivity index (χ0) is 13.9. The van der Waals surface area contributed by atoms with Crippen LogP contribution in [0.15, 0.2) is 22.8 Å². The first-order valence-electron chi connectivity index (χ1n) is 7.51. The molecular weight excluding hydrogens is 254 g/mol. The number of hydrogen-bond acceptors (Lipinski definition) is 4. The minimum Gasteiger partial charge on any atom is -0.468 e. The average molecular weight is 277 g/mol. The molecule has 2 atom stereocenters. The minimum absolute atomic E-state index is 0.0339. The van der Waals surface area contributed by atoms with Gasteiger partial charge in [-0.25, -0.2) is 0 Å². The molecule has 5 heteroatoms. The number of hydrogen-bond donors (Lipinski definition) is 1. The Hall–Kier alpha value is -1.33. The number of carbonyl (C=O) groups excluding carboxylic acids is 1. The van der Waals surface area contributed by atoms with Crippen molar-refractivity contribution in [3.05, 3.63) is 24.2 Å². The molecule has 2 aliphatic heterocycles. The van der Waals surface area contributed by atoms with Crippen molar-refractivity contribution in [1.29, 1.82) is 0 Å². The Morgan fingerprint density at radius 1 is 1.40 bits per heavy atom. The number of piperazine rings is 1. The number of furan rings is 1. The van der Waals surface area contributed by atoms with Crippen molar-refractivity contribution in [3.63, 3.8) is 0 Å². The summed E-state index contributed by atoms with van der Waals surface area (Å²) in [6.07, 6.45) is 2.82. The van der Waals surface area contributed by atoms with Crippen LogP contribution in [0, 0.1) is 5.92 Å². The molecule has 1 N–H and O–H groups in total. The second kappa shape index (κ2) is 5.97. The lowest BCUT2D eigenvalue weighted by Gasteiger charge is -2.36. The molecule has 0 spiro atoms. The molecule has 3 heterocycles. The highest BCUT2D eigenvalue weighted by Gasteiger charge is 2.33. The van der Waals surface area contributed by atoms with Gasteiger partial charge in [0.2, 0.25) is 5.91 Å². The minimum atomic E-state index is 0.0339. The quantitative estimate of drug-likeness (QED) is 0.892. The van der Waals surface area contributed by atoms with Gasteiger partial charge in [-0.05, 0) is 31.0 Å². The van der Waals surface area contributed by atoms with Gasteiger partial charge >= 0.3 is 0 Å². The maximum Gasteiger partial charge on any atom is 0.240 e. The van der Waals surface area contributed by atoms with E-state index < -0.39 is 0 Å². The summed E-state index contributed by atoms with van der Waals surface area (Å²) >= 11 is 0. The third-order valence-corrected chi connectivity index (χ3v) is 4.44. The Morgan fingerprint density at radius 2 is 2.20 bits per heavy atom. The maximum absolute atomic E-state index is 12.5. The van der Waals surface area contributed by atoms with E-state index in [0.29, 0.717) is 5.92 Å². The fourth-order valence-corrected chi connectivity index (χ4v) is 3.11. The van der Waals surface area contributed by atoms with Gasteiger partial charge in [-0.15, -0.1) is 0 Å². The molecule has 2 fully saturated rings. The molecule has 0 aromatic carbocycles. The van der Waals surface area contributed by atoms with Crippen molar-refractivity contribution in [2.45, 2.75) is 25.9 Å². The van der Waals surface area contributed by atoms with Crippen LogP contribution in [0.5, 0.6) is 0 Å². The molecule has 0 radical (unpaired) electrons. The van der Waals surface area contributed by atoms with Crippen LogP contribution >= 0.6 is 0 Å². The molecule has 5 nitrogen and oxygen atoms in total. The number of nitrogens with one attached hydrogen (secondary N) is 1. The summed E-state index contributed by atoms with van der Waals surface area (Å²) in [6, 6.07) is 3.95. The van der Waals surface area contributed by atoms with Gasteiger partial charge in [-0.3, -0.25) is 9.69 Å². The molecule has 2 aliphatic rings. The Balaban J connectivity index is 1.49. The molecule has 0 saturated carbocycles. The van der Waals surface area contributed by atoms with Gasteiger partial charge in [0.25, 0.3) is 0 Å². The van der Waals surface area contributed by atoms with E-state index in [9.17, 15) is 4.79 Å². The maximum atomic E-state index is 12.5. The molecule has 1 aromatic rings. The summed E-state index contributed by atoms with van der Waals surface area (Å²) < 4.78 is 5.37. The van der Waals surface area contributed by atoms with Crippen LogP contribution in [0.1, 0.15) is 19.1 Å². The number of carbonyl (C=O) groups is 1.